The molecule has 0 aliphatic carbocycles. The molecule has 0 aliphatic heterocycles. The first-order chi connectivity index (χ1) is 9.84. The Kier molecular flexibility index (Phi) is 6.16. The van der Waals surface area contributed by atoms with Crippen molar-refractivity contribution < 1.29 is 14.5 Å². The third kappa shape index (κ3) is 4.75. The fraction of sp³-hybridized carbons (Fsp3) is 0.385. The Labute approximate surface area is 126 Å². The smallest absolute Gasteiger partial charge is 0.273 e. The van der Waals surface area contributed by atoms with Crippen LogP contribution in [0.1, 0.15) is 12.5 Å². The highest BCUT2D eigenvalue weighted by molar-refractivity contribution is 7.98. The largest absolute Gasteiger partial charge is 0.368 e. The Morgan fingerprint density at radius 2 is 2.05 bits per heavy atom. The van der Waals surface area contributed by atoms with Crippen molar-refractivity contribution in [1.29, 1.82) is 0 Å². The van der Waals surface area contributed by atoms with E-state index in [0.29, 0.717) is 11.3 Å². The second-order valence-electron chi connectivity index (χ2n) is 4.45. The molecule has 1 aromatic rings. The average Bonchev–Trinajstić information content (AvgIpc) is 2.42. The molecule has 1 atom stereocenters. The SMILES string of the molecule is CC(=O)N(C)C(CSCc1ccccc1[N+](=O)[O-])C(N)=O. The first kappa shape index (κ1) is 17.0. The van der Waals surface area contributed by atoms with Crippen LogP contribution in [0.4, 0.5) is 5.69 Å². The van der Waals surface area contributed by atoms with Crippen molar-refractivity contribution in [3.8, 4) is 0 Å². The quantitative estimate of drug-likeness (QED) is 0.600. The van der Waals surface area contributed by atoms with E-state index in [1.54, 1.807) is 18.2 Å². The van der Waals surface area contributed by atoms with Crippen molar-refractivity contribution in [2.45, 2.75) is 18.7 Å². The molecule has 0 aromatic heterocycles. The van der Waals surface area contributed by atoms with Gasteiger partial charge in [-0.3, -0.25) is 19.7 Å². The van der Waals surface area contributed by atoms with Crippen LogP contribution in [0.25, 0.3) is 0 Å². The predicted molar refractivity (Wildman–Crippen MR) is 80.7 cm³/mol. The summed E-state index contributed by atoms with van der Waals surface area (Å²) in [6.07, 6.45) is 0. The Hall–Kier alpha value is -2.09. The van der Waals surface area contributed by atoms with Crippen LogP contribution in [0.15, 0.2) is 24.3 Å². The predicted octanol–water partition coefficient (Wildman–Crippen LogP) is 1.16. The molecule has 0 saturated carbocycles. The standard InChI is InChI=1S/C13H17N3O4S/c1-9(17)15(2)12(13(14)18)8-21-7-10-5-3-4-6-11(10)16(19)20/h3-6,12H,7-8H2,1-2H3,(H2,14,18). The highest BCUT2D eigenvalue weighted by Gasteiger charge is 2.23. The Morgan fingerprint density at radius 3 is 2.57 bits per heavy atom. The maximum absolute atomic E-state index is 11.4. The maximum Gasteiger partial charge on any atom is 0.273 e. The number of likely N-dealkylation sites (N-methyl/N-ethyl adjacent to an activating group) is 1. The molecule has 0 saturated heterocycles. The minimum Gasteiger partial charge on any atom is -0.368 e. The number of hydrogen-bond acceptors (Lipinski definition) is 5. The molecule has 7 nitrogen and oxygen atoms in total. The van der Waals surface area contributed by atoms with Gasteiger partial charge in [0.15, 0.2) is 0 Å². The van der Waals surface area contributed by atoms with Gasteiger partial charge in [0.05, 0.1) is 4.92 Å². The second-order valence-corrected chi connectivity index (χ2v) is 5.48. The van der Waals surface area contributed by atoms with Gasteiger partial charge in [-0.25, -0.2) is 0 Å². The summed E-state index contributed by atoms with van der Waals surface area (Å²) in [6.45, 7) is 1.35. The van der Waals surface area contributed by atoms with Crippen LogP contribution in [0.5, 0.6) is 0 Å². The van der Waals surface area contributed by atoms with E-state index in [4.69, 9.17) is 5.73 Å². The van der Waals surface area contributed by atoms with Gasteiger partial charge in [0.2, 0.25) is 11.8 Å². The lowest BCUT2D eigenvalue weighted by molar-refractivity contribution is -0.385. The van der Waals surface area contributed by atoms with Gasteiger partial charge in [-0.2, -0.15) is 11.8 Å². The number of amides is 2. The molecule has 1 rings (SSSR count). The Morgan fingerprint density at radius 1 is 1.43 bits per heavy atom. The summed E-state index contributed by atoms with van der Waals surface area (Å²) in [7, 11) is 1.50. The van der Waals surface area contributed by atoms with E-state index in [1.807, 2.05) is 0 Å². The number of rotatable bonds is 7. The van der Waals surface area contributed by atoms with Crippen molar-refractivity contribution in [2.75, 3.05) is 12.8 Å². The van der Waals surface area contributed by atoms with Crippen LogP contribution in [0, 0.1) is 10.1 Å². The summed E-state index contributed by atoms with van der Waals surface area (Å²) >= 11 is 1.32. The zero-order valence-electron chi connectivity index (χ0n) is 11.8. The molecular weight excluding hydrogens is 294 g/mol. The van der Waals surface area contributed by atoms with Gasteiger partial charge < -0.3 is 10.6 Å². The van der Waals surface area contributed by atoms with E-state index in [2.05, 4.69) is 0 Å². The van der Waals surface area contributed by atoms with E-state index in [9.17, 15) is 19.7 Å². The molecule has 0 bridgehead atoms. The maximum atomic E-state index is 11.4. The number of nitrogens with two attached hydrogens (primary N) is 1. The van der Waals surface area contributed by atoms with Gasteiger partial charge >= 0.3 is 0 Å². The van der Waals surface area contributed by atoms with Crippen LogP contribution in [-0.4, -0.2) is 40.5 Å². The first-order valence-corrected chi connectivity index (χ1v) is 7.32. The third-order valence-electron chi connectivity index (χ3n) is 3.01. The van der Waals surface area contributed by atoms with Crippen molar-refractivity contribution in [3.05, 3.63) is 39.9 Å². The summed E-state index contributed by atoms with van der Waals surface area (Å²) < 4.78 is 0. The van der Waals surface area contributed by atoms with Gasteiger partial charge in [-0.1, -0.05) is 18.2 Å². The molecular formula is C13H17N3O4S. The molecule has 114 valence electrons. The molecule has 2 amide bonds. The summed E-state index contributed by atoms with van der Waals surface area (Å²) in [5, 5.41) is 10.9. The molecule has 21 heavy (non-hydrogen) atoms. The summed E-state index contributed by atoms with van der Waals surface area (Å²) in [5.41, 5.74) is 5.89. The fourth-order valence-electron chi connectivity index (χ4n) is 1.70. The number of nitrogens with zero attached hydrogens (tertiary/aromatic N) is 2. The van der Waals surface area contributed by atoms with Crippen molar-refractivity contribution in [2.24, 2.45) is 5.73 Å². The van der Waals surface area contributed by atoms with E-state index >= 15 is 0 Å². The lowest BCUT2D eigenvalue weighted by Gasteiger charge is -2.24. The summed E-state index contributed by atoms with van der Waals surface area (Å²) in [5.74, 6) is -0.197. The van der Waals surface area contributed by atoms with Gasteiger partial charge in [0, 0.05) is 37.1 Å². The second kappa shape index (κ2) is 7.63. The molecule has 0 aliphatic rings. The Bertz CT molecular complexity index is 550. The summed E-state index contributed by atoms with van der Waals surface area (Å²) in [4.78, 5) is 34.4. The number of thioether (sulfide) groups is 1. The van der Waals surface area contributed by atoms with Crippen molar-refractivity contribution in [1.82, 2.24) is 4.90 Å². The van der Waals surface area contributed by atoms with Gasteiger partial charge in [0.25, 0.3) is 5.69 Å². The highest BCUT2D eigenvalue weighted by Crippen LogP contribution is 2.23. The molecule has 1 aromatic carbocycles. The number of benzene rings is 1. The number of carbonyl (C=O) groups is 2. The first-order valence-electron chi connectivity index (χ1n) is 6.17. The molecule has 8 heteroatoms. The van der Waals surface area contributed by atoms with Gasteiger partial charge in [-0.15, -0.1) is 0 Å². The lowest BCUT2D eigenvalue weighted by atomic mass is 10.2. The van der Waals surface area contributed by atoms with Gasteiger partial charge in [0.1, 0.15) is 6.04 Å². The average molecular weight is 311 g/mol. The molecule has 1 unspecified atom stereocenters. The minimum absolute atomic E-state index is 0.0422. The summed E-state index contributed by atoms with van der Waals surface area (Å²) in [6, 6.07) is 5.69. The zero-order valence-corrected chi connectivity index (χ0v) is 12.6. The highest BCUT2D eigenvalue weighted by atomic mass is 32.2. The monoisotopic (exact) mass is 311 g/mol. The van der Waals surface area contributed by atoms with E-state index in [-0.39, 0.29) is 17.3 Å². The minimum atomic E-state index is -0.727. The van der Waals surface area contributed by atoms with Crippen LogP contribution in [-0.2, 0) is 15.3 Å². The zero-order chi connectivity index (χ0) is 16.0. The fourth-order valence-corrected chi connectivity index (χ4v) is 2.89. The van der Waals surface area contributed by atoms with Crippen molar-refractivity contribution in [3.63, 3.8) is 0 Å². The normalized spacial score (nSPS) is 11.7. The number of hydrogen-bond donors (Lipinski definition) is 1. The molecule has 0 radical (unpaired) electrons. The lowest BCUT2D eigenvalue weighted by Crippen LogP contribution is -2.46. The van der Waals surface area contributed by atoms with Crippen LogP contribution < -0.4 is 5.73 Å². The Balaban J connectivity index is 2.69. The molecule has 2 N–H and O–H groups in total. The third-order valence-corrected chi connectivity index (χ3v) is 4.08. The number of nitro groups is 1. The van der Waals surface area contributed by atoms with E-state index < -0.39 is 16.9 Å². The van der Waals surface area contributed by atoms with Crippen LogP contribution >= 0.6 is 11.8 Å². The van der Waals surface area contributed by atoms with Crippen LogP contribution in [0.2, 0.25) is 0 Å². The number of primary amides is 1. The molecule has 0 heterocycles. The van der Waals surface area contributed by atoms with E-state index in [0.717, 1.165) is 0 Å². The molecule has 0 fully saturated rings. The molecule has 0 spiro atoms. The number of nitro benzene ring substituents is 1. The van der Waals surface area contributed by atoms with Crippen molar-refractivity contribution >= 4 is 29.3 Å². The number of carbonyl (C=O) groups excluding carboxylic acids is 2. The van der Waals surface area contributed by atoms with E-state index in [1.165, 1.54) is 36.7 Å². The topological polar surface area (TPSA) is 107 Å². The van der Waals surface area contributed by atoms with Crippen LogP contribution in [0.3, 0.4) is 0 Å². The number of para-hydroxylation sites is 1. The van der Waals surface area contributed by atoms with Gasteiger partial charge in [-0.05, 0) is 0 Å².